The first-order chi connectivity index (χ1) is 8.19. The Kier molecular flexibility index (Phi) is 5.04. The smallest absolute Gasteiger partial charge is 0.0897 e. The van der Waals surface area contributed by atoms with E-state index in [2.05, 4.69) is 40.1 Å². The molecule has 1 aromatic heterocycles. The molecular formula is C14H22BrNS. The lowest BCUT2D eigenvalue weighted by molar-refractivity contribution is 0.262. The Bertz CT molecular complexity index is 350. The van der Waals surface area contributed by atoms with Crippen LogP contribution in [-0.4, -0.2) is 9.81 Å². The molecule has 3 unspecified atom stereocenters. The van der Waals surface area contributed by atoms with E-state index < -0.39 is 0 Å². The molecule has 0 saturated heterocycles. The van der Waals surface area contributed by atoms with Crippen molar-refractivity contribution in [2.24, 2.45) is 11.8 Å². The number of halogens is 1. The fourth-order valence-corrected chi connectivity index (χ4v) is 4.27. The summed E-state index contributed by atoms with van der Waals surface area (Å²) in [6.07, 6.45) is 8.06. The van der Waals surface area contributed by atoms with Gasteiger partial charge in [0.05, 0.1) is 10.7 Å². The molecule has 0 N–H and O–H groups in total. The first kappa shape index (κ1) is 13.5. The molecule has 0 radical (unpaired) electrons. The van der Waals surface area contributed by atoms with Gasteiger partial charge in [0.15, 0.2) is 0 Å². The molecule has 3 heteroatoms. The molecule has 0 spiro atoms. The number of hydrogen-bond donors (Lipinski definition) is 0. The number of hydrogen-bond acceptors (Lipinski definition) is 2. The molecule has 3 atom stereocenters. The zero-order chi connectivity index (χ0) is 12.3. The lowest BCUT2D eigenvalue weighted by Crippen LogP contribution is -2.26. The van der Waals surface area contributed by atoms with Gasteiger partial charge < -0.3 is 0 Å². The maximum Gasteiger partial charge on any atom is 0.0897 e. The lowest BCUT2D eigenvalue weighted by Gasteiger charge is -2.33. The normalized spacial score (nSPS) is 29.5. The Morgan fingerprint density at radius 3 is 2.94 bits per heavy atom. The molecule has 1 saturated carbocycles. The summed E-state index contributed by atoms with van der Waals surface area (Å²) in [6, 6.07) is 0. The molecule has 1 aromatic rings. The highest BCUT2D eigenvalue weighted by molar-refractivity contribution is 9.09. The predicted molar refractivity (Wildman–Crippen MR) is 79.0 cm³/mol. The molecule has 96 valence electrons. The highest BCUT2D eigenvalue weighted by Gasteiger charge is 2.28. The van der Waals surface area contributed by atoms with Crippen LogP contribution in [0.2, 0.25) is 0 Å². The van der Waals surface area contributed by atoms with Crippen molar-refractivity contribution in [3.05, 3.63) is 16.1 Å². The molecule has 0 amide bonds. The summed E-state index contributed by atoms with van der Waals surface area (Å²) in [7, 11) is 0. The Morgan fingerprint density at radius 2 is 2.29 bits per heavy atom. The summed E-state index contributed by atoms with van der Waals surface area (Å²) in [5.74, 6) is 1.75. The highest BCUT2D eigenvalue weighted by atomic mass is 79.9. The number of nitrogens with zero attached hydrogens (tertiary/aromatic N) is 1. The van der Waals surface area contributed by atoms with Crippen molar-refractivity contribution in [2.75, 3.05) is 0 Å². The predicted octanol–water partition coefficient (Wildman–Crippen LogP) is 4.97. The largest absolute Gasteiger partial charge is 0.247 e. The first-order valence-electron chi connectivity index (χ1n) is 6.74. The van der Waals surface area contributed by atoms with Crippen LogP contribution in [0.1, 0.15) is 49.7 Å². The first-order valence-corrected chi connectivity index (χ1v) is 8.53. The fraction of sp³-hybridized carbons (Fsp3) is 0.786. The molecule has 0 aliphatic heterocycles. The second-order valence-electron chi connectivity index (χ2n) is 5.31. The molecule has 1 nitrogen and oxygen atoms in total. The zero-order valence-corrected chi connectivity index (χ0v) is 13.2. The van der Waals surface area contributed by atoms with Crippen molar-refractivity contribution in [1.82, 2.24) is 4.98 Å². The summed E-state index contributed by atoms with van der Waals surface area (Å²) in [6.45, 7) is 4.40. The van der Waals surface area contributed by atoms with Gasteiger partial charge in [0.25, 0.3) is 0 Å². The molecule has 1 aliphatic carbocycles. The van der Waals surface area contributed by atoms with Gasteiger partial charge in [-0.15, -0.1) is 11.3 Å². The third kappa shape index (κ3) is 3.78. The van der Waals surface area contributed by atoms with Crippen LogP contribution in [0.4, 0.5) is 0 Å². The van der Waals surface area contributed by atoms with Gasteiger partial charge >= 0.3 is 0 Å². The number of rotatable bonds is 4. The molecule has 1 aliphatic rings. The Hall–Kier alpha value is 0.110. The van der Waals surface area contributed by atoms with Crippen LogP contribution in [0.25, 0.3) is 0 Å². The Labute approximate surface area is 117 Å². The summed E-state index contributed by atoms with van der Waals surface area (Å²) in [5.41, 5.74) is 1.30. The van der Waals surface area contributed by atoms with Gasteiger partial charge in [-0.3, -0.25) is 0 Å². The molecule has 0 bridgehead atoms. The van der Waals surface area contributed by atoms with Gasteiger partial charge in [-0.2, -0.15) is 0 Å². The van der Waals surface area contributed by atoms with Gasteiger partial charge in [0, 0.05) is 10.2 Å². The summed E-state index contributed by atoms with van der Waals surface area (Å²) in [5, 5.41) is 3.44. The highest BCUT2D eigenvalue weighted by Crippen LogP contribution is 2.37. The topological polar surface area (TPSA) is 12.9 Å². The fourth-order valence-electron chi connectivity index (χ4n) is 2.98. The van der Waals surface area contributed by atoms with E-state index in [1.54, 1.807) is 11.3 Å². The monoisotopic (exact) mass is 315 g/mol. The summed E-state index contributed by atoms with van der Waals surface area (Å²) >= 11 is 5.65. The second-order valence-corrected chi connectivity index (χ2v) is 7.54. The minimum absolute atomic E-state index is 0.706. The van der Waals surface area contributed by atoms with E-state index >= 15 is 0 Å². The Morgan fingerprint density at radius 1 is 1.47 bits per heavy atom. The third-order valence-electron chi connectivity index (χ3n) is 3.83. The van der Waals surface area contributed by atoms with Crippen molar-refractivity contribution in [2.45, 2.75) is 57.2 Å². The molecule has 2 rings (SSSR count). The van der Waals surface area contributed by atoms with E-state index in [0.717, 1.165) is 11.8 Å². The molecular weight excluding hydrogens is 294 g/mol. The van der Waals surface area contributed by atoms with Crippen molar-refractivity contribution < 1.29 is 0 Å². The van der Waals surface area contributed by atoms with E-state index in [0.29, 0.717) is 4.83 Å². The van der Waals surface area contributed by atoms with Crippen LogP contribution in [0, 0.1) is 18.8 Å². The standard InChI is InChI=1S/C14H22BrNS/c1-3-4-11-5-6-14(15)12(7-11)8-13-9-17-10(2)16-13/h9,11-12,14H,3-8H2,1-2H3. The summed E-state index contributed by atoms with van der Waals surface area (Å²) in [4.78, 5) is 5.31. The maximum absolute atomic E-state index is 4.61. The quantitative estimate of drug-likeness (QED) is 0.714. The minimum atomic E-state index is 0.706. The minimum Gasteiger partial charge on any atom is -0.247 e. The van der Waals surface area contributed by atoms with E-state index in [-0.39, 0.29) is 0 Å². The Balaban J connectivity index is 1.93. The molecule has 1 heterocycles. The maximum atomic E-state index is 4.61. The van der Waals surface area contributed by atoms with Crippen molar-refractivity contribution >= 4 is 27.3 Å². The SMILES string of the molecule is CCCC1CCC(Br)C(Cc2csc(C)n2)C1. The van der Waals surface area contributed by atoms with E-state index in [4.69, 9.17) is 0 Å². The number of alkyl halides is 1. The van der Waals surface area contributed by atoms with Crippen LogP contribution in [0.5, 0.6) is 0 Å². The van der Waals surface area contributed by atoms with Crippen LogP contribution in [-0.2, 0) is 6.42 Å². The van der Waals surface area contributed by atoms with E-state index in [9.17, 15) is 0 Å². The second kappa shape index (κ2) is 6.33. The zero-order valence-electron chi connectivity index (χ0n) is 10.8. The molecule has 1 fully saturated rings. The lowest BCUT2D eigenvalue weighted by atomic mass is 9.77. The van der Waals surface area contributed by atoms with Crippen LogP contribution < -0.4 is 0 Å². The van der Waals surface area contributed by atoms with Crippen LogP contribution in [0.15, 0.2) is 5.38 Å². The number of aryl methyl sites for hydroxylation is 1. The van der Waals surface area contributed by atoms with Gasteiger partial charge in [-0.05, 0) is 44.4 Å². The summed E-state index contributed by atoms with van der Waals surface area (Å²) < 4.78 is 0. The van der Waals surface area contributed by atoms with E-state index in [1.165, 1.54) is 49.2 Å². The van der Waals surface area contributed by atoms with Crippen molar-refractivity contribution in [3.8, 4) is 0 Å². The average Bonchev–Trinajstić information content (AvgIpc) is 2.69. The van der Waals surface area contributed by atoms with Crippen LogP contribution >= 0.6 is 27.3 Å². The van der Waals surface area contributed by atoms with Crippen molar-refractivity contribution in [1.29, 1.82) is 0 Å². The van der Waals surface area contributed by atoms with E-state index in [1.807, 2.05) is 0 Å². The van der Waals surface area contributed by atoms with Crippen molar-refractivity contribution in [3.63, 3.8) is 0 Å². The average molecular weight is 316 g/mol. The molecule has 0 aromatic carbocycles. The van der Waals surface area contributed by atoms with Gasteiger partial charge in [0.1, 0.15) is 0 Å². The van der Waals surface area contributed by atoms with Gasteiger partial charge in [-0.1, -0.05) is 35.7 Å². The van der Waals surface area contributed by atoms with Gasteiger partial charge in [-0.25, -0.2) is 4.98 Å². The van der Waals surface area contributed by atoms with Gasteiger partial charge in [0.2, 0.25) is 0 Å². The number of aromatic nitrogens is 1. The third-order valence-corrected chi connectivity index (χ3v) is 5.86. The molecule has 17 heavy (non-hydrogen) atoms. The van der Waals surface area contributed by atoms with Crippen LogP contribution in [0.3, 0.4) is 0 Å². The number of thiazole rings is 1.